The SMILES string of the molecule is C[Si](C)(C)N(N=CCCCCC=NN(c1ccccc1)[Si](C)(C)C)c1ccccc1. The van der Waals surface area contributed by atoms with E-state index in [1.807, 2.05) is 0 Å². The van der Waals surface area contributed by atoms with Gasteiger partial charge in [0, 0.05) is 23.8 Å². The van der Waals surface area contributed by atoms with Crippen LogP contribution in [0.15, 0.2) is 70.9 Å². The maximum absolute atomic E-state index is 4.82. The smallest absolute Gasteiger partial charge is 0.176 e. The number of anilines is 2. The molecule has 0 spiro atoms. The fraction of sp³-hybridized carbons (Fsp3) is 0.417. The van der Waals surface area contributed by atoms with Crippen molar-refractivity contribution in [1.82, 2.24) is 0 Å². The summed E-state index contributed by atoms with van der Waals surface area (Å²) in [5.74, 6) is 0. The first-order chi connectivity index (χ1) is 14.2. The lowest BCUT2D eigenvalue weighted by Gasteiger charge is -2.31. The van der Waals surface area contributed by atoms with Crippen molar-refractivity contribution in [1.29, 1.82) is 0 Å². The Balaban J connectivity index is 1.82. The maximum Gasteiger partial charge on any atom is 0.176 e. The van der Waals surface area contributed by atoms with Gasteiger partial charge in [0.05, 0.1) is 0 Å². The monoisotopic (exact) mass is 438 g/mol. The van der Waals surface area contributed by atoms with E-state index in [1.165, 1.54) is 11.4 Å². The molecule has 0 saturated heterocycles. The zero-order valence-electron chi connectivity index (χ0n) is 19.5. The summed E-state index contributed by atoms with van der Waals surface area (Å²) in [6.45, 7) is 13.9. The minimum atomic E-state index is -1.56. The number of para-hydroxylation sites is 2. The van der Waals surface area contributed by atoms with E-state index in [0.29, 0.717) is 0 Å². The van der Waals surface area contributed by atoms with Gasteiger partial charge in [0.2, 0.25) is 0 Å². The standard InChI is InChI=1S/C24H38N4Si2/c1-29(2,3)27(23-17-11-9-12-18-23)25-21-15-7-8-16-22-26-28(30(4,5)6)24-19-13-10-14-20-24/h9-14,17-22H,7-8,15-16H2,1-6H3. The summed E-state index contributed by atoms with van der Waals surface area (Å²) in [7, 11) is -3.12. The van der Waals surface area contributed by atoms with Crippen LogP contribution in [0.4, 0.5) is 11.4 Å². The number of benzene rings is 2. The summed E-state index contributed by atoms with van der Waals surface area (Å²) in [4.78, 5) is 0. The lowest BCUT2D eigenvalue weighted by Crippen LogP contribution is -2.42. The van der Waals surface area contributed by atoms with E-state index in [9.17, 15) is 0 Å². The first-order valence-electron chi connectivity index (χ1n) is 10.9. The Labute approximate surface area is 185 Å². The van der Waals surface area contributed by atoms with Crippen LogP contribution in [0.5, 0.6) is 0 Å². The number of nitrogens with zero attached hydrogens (tertiary/aromatic N) is 4. The topological polar surface area (TPSA) is 31.2 Å². The Hall–Kier alpha value is -2.19. The molecule has 0 heterocycles. The maximum atomic E-state index is 4.82. The van der Waals surface area contributed by atoms with Gasteiger partial charge in [-0.2, -0.15) is 10.2 Å². The molecule has 0 aliphatic carbocycles. The zero-order valence-corrected chi connectivity index (χ0v) is 21.5. The van der Waals surface area contributed by atoms with Crippen molar-refractivity contribution in [3.63, 3.8) is 0 Å². The Morgan fingerprint density at radius 2 is 0.933 bits per heavy atom. The molecule has 162 valence electrons. The first kappa shape index (κ1) is 24.1. The molecule has 0 atom stereocenters. The molecule has 6 heteroatoms. The Morgan fingerprint density at radius 1 is 0.600 bits per heavy atom. The third kappa shape index (κ3) is 7.91. The number of hydrogen-bond acceptors (Lipinski definition) is 4. The van der Waals surface area contributed by atoms with Crippen molar-refractivity contribution in [2.24, 2.45) is 10.2 Å². The van der Waals surface area contributed by atoms with E-state index in [1.54, 1.807) is 0 Å². The van der Waals surface area contributed by atoms with E-state index < -0.39 is 16.5 Å². The molecule has 2 rings (SSSR count). The quantitative estimate of drug-likeness (QED) is 0.161. The third-order valence-electron chi connectivity index (χ3n) is 4.58. The highest BCUT2D eigenvalue weighted by Gasteiger charge is 2.24. The van der Waals surface area contributed by atoms with Crippen LogP contribution in [0, 0.1) is 0 Å². The summed E-state index contributed by atoms with van der Waals surface area (Å²) >= 11 is 0. The van der Waals surface area contributed by atoms with Crippen molar-refractivity contribution in [2.45, 2.75) is 65.0 Å². The first-order valence-corrected chi connectivity index (χ1v) is 17.8. The molecule has 0 amide bonds. The van der Waals surface area contributed by atoms with Gasteiger partial charge in [-0.05, 0) is 89.2 Å². The van der Waals surface area contributed by atoms with Crippen molar-refractivity contribution in [3.8, 4) is 0 Å². The van der Waals surface area contributed by atoms with Gasteiger partial charge in [-0.1, -0.05) is 36.4 Å². The van der Waals surface area contributed by atoms with Crippen molar-refractivity contribution >= 4 is 40.3 Å². The van der Waals surface area contributed by atoms with Crippen LogP contribution in [0.1, 0.15) is 25.7 Å². The molecule has 0 bridgehead atoms. The average molecular weight is 439 g/mol. The van der Waals surface area contributed by atoms with Gasteiger partial charge in [0.15, 0.2) is 16.5 Å². The van der Waals surface area contributed by atoms with Crippen molar-refractivity contribution in [3.05, 3.63) is 60.7 Å². The molecule has 4 nitrogen and oxygen atoms in total. The summed E-state index contributed by atoms with van der Waals surface area (Å²) < 4.78 is 4.47. The fourth-order valence-electron chi connectivity index (χ4n) is 3.14. The van der Waals surface area contributed by atoms with Crippen molar-refractivity contribution in [2.75, 3.05) is 9.35 Å². The highest BCUT2D eigenvalue weighted by Crippen LogP contribution is 2.22. The van der Waals surface area contributed by atoms with E-state index in [2.05, 4.69) is 122 Å². The van der Waals surface area contributed by atoms with Crippen molar-refractivity contribution < 1.29 is 0 Å². The highest BCUT2D eigenvalue weighted by molar-refractivity contribution is 6.80. The Morgan fingerprint density at radius 3 is 1.23 bits per heavy atom. The van der Waals surface area contributed by atoms with Gasteiger partial charge in [0.25, 0.3) is 0 Å². The normalized spacial score (nSPS) is 12.6. The van der Waals surface area contributed by atoms with Crippen LogP contribution in [0.25, 0.3) is 0 Å². The second-order valence-electron chi connectivity index (χ2n) is 9.52. The Kier molecular flexibility index (Phi) is 9.05. The molecule has 30 heavy (non-hydrogen) atoms. The van der Waals surface area contributed by atoms with Gasteiger partial charge < -0.3 is 0 Å². The average Bonchev–Trinajstić information content (AvgIpc) is 2.69. The van der Waals surface area contributed by atoms with Gasteiger partial charge in [-0.3, -0.25) is 9.35 Å². The van der Waals surface area contributed by atoms with Crippen LogP contribution in [0.2, 0.25) is 39.3 Å². The molecule has 0 radical (unpaired) electrons. The van der Waals surface area contributed by atoms with E-state index in [4.69, 9.17) is 10.2 Å². The Bertz CT molecular complexity index is 724. The molecular weight excluding hydrogens is 400 g/mol. The minimum Gasteiger partial charge on any atom is -0.296 e. The van der Waals surface area contributed by atoms with Crippen LogP contribution in [0.3, 0.4) is 0 Å². The number of rotatable bonds is 11. The molecule has 0 saturated carbocycles. The second-order valence-corrected chi connectivity index (χ2v) is 19.0. The summed E-state index contributed by atoms with van der Waals surface area (Å²) in [6, 6.07) is 21.0. The van der Waals surface area contributed by atoms with E-state index in [0.717, 1.165) is 25.7 Å². The molecule has 0 N–H and O–H groups in total. The van der Waals surface area contributed by atoms with Gasteiger partial charge in [0.1, 0.15) is 0 Å². The van der Waals surface area contributed by atoms with E-state index in [-0.39, 0.29) is 0 Å². The molecule has 0 aromatic heterocycles. The summed E-state index contributed by atoms with van der Waals surface area (Å²) in [6.07, 6.45) is 8.42. The van der Waals surface area contributed by atoms with E-state index >= 15 is 0 Å². The van der Waals surface area contributed by atoms with Crippen LogP contribution < -0.4 is 9.35 Å². The van der Waals surface area contributed by atoms with Gasteiger partial charge in [-0.15, -0.1) is 0 Å². The lowest BCUT2D eigenvalue weighted by molar-refractivity contribution is 0.803. The minimum absolute atomic E-state index is 0.998. The molecule has 0 aliphatic rings. The summed E-state index contributed by atoms with van der Waals surface area (Å²) in [5.41, 5.74) is 2.37. The predicted molar refractivity (Wildman–Crippen MR) is 140 cm³/mol. The highest BCUT2D eigenvalue weighted by atomic mass is 28.3. The molecule has 0 unspecified atom stereocenters. The number of hydrazone groups is 2. The third-order valence-corrected chi connectivity index (χ3v) is 7.87. The molecule has 0 aliphatic heterocycles. The number of unbranched alkanes of at least 4 members (excludes halogenated alkanes) is 3. The second kappa shape index (κ2) is 11.3. The van der Waals surface area contributed by atoms with Crippen LogP contribution in [-0.4, -0.2) is 28.9 Å². The van der Waals surface area contributed by atoms with Crippen LogP contribution >= 0.6 is 0 Å². The number of hydrogen-bond donors (Lipinski definition) is 0. The predicted octanol–water partition coefficient (Wildman–Crippen LogP) is 7.20. The lowest BCUT2D eigenvalue weighted by atomic mass is 10.2. The molecular formula is C24H38N4Si2. The molecule has 2 aromatic carbocycles. The zero-order chi connectivity index (χ0) is 22.0. The largest absolute Gasteiger partial charge is 0.296 e. The summed E-state index contributed by atoms with van der Waals surface area (Å²) in [5, 5.41) is 9.63. The molecule has 2 aromatic rings. The van der Waals surface area contributed by atoms with Crippen LogP contribution in [-0.2, 0) is 0 Å². The van der Waals surface area contributed by atoms with Gasteiger partial charge in [-0.25, -0.2) is 0 Å². The van der Waals surface area contributed by atoms with Gasteiger partial charge >= 0.3 is 0 Å². The molecule has 0 fully saturated rings. The fourth-order valence-corrected chi connectivity index (χ4v) is 5.85.